The highest BCUT2D eigenvalue weighted by Crippen LogP contribution is 2.43. The minimum atomic E-state index is -1.23. The second kappa shape index (κ2) is 8.10. The number of benzene rings is 2. The van der Waals surface area contributed by atoms with Crippen molar-refractivity contribution in [3.63, 3.8) is 0 Å². The van der Waals surface area contributed by atoms with Crippen molar-refractivity contribution in [1.82, 2.24) is 10.2 Å². The molecule has 1 fully saturated rings. The molecule has 31 heavy (non-hydrogen) atoms. The molecule has 1 aromatic heterocycles. The molecular formula is C24H21N3O4. The largest absolute Gasteiger partial charge is 0.496 e. The molecule has 2 aromatic carbocycles. The number of amides is 1. The van der Waals surface area contributed by atoms with E-state index >= 15 is 0 Å². The molecule has 2 unspecified atom stereocenters. The predicted molar refractivity (Wildman–Crippen MR) is 114 cm³/mol. The van der Waals surface area contributed by atoms with E-state index in [0.717, 1.165) is 5.56 Å². The lowest BCUT2D eigenvalue weighted by atomic mass is 9.86. The highest BCUT2D eigenvalue weighted by Gasteiger charge is 2.53. The second-order valence-electron chi connectivity index (χ2n) is 7.47. The molecule has 1 aliphatic rings. The van der Waals surface area contributed by atoms with Gasteiger partial charge in [0.25, 0.3) is 5.91 Å². The third-order valence-corrected chi connectivity index (χ3v) is 5.41. The average molecular weight is 415 g/mol. The first-order chi connectivity index (χ1) is 14.9. The Morgan fingerprint density at radius 3 is 2.29 bits per heavy atom. The maximum atomic E-state index is 13.5. The van der Waals surface area contributed by atoms with Crippen molar-refractivity contribution in [2.75, 3.05) is 12.0 Å². The zero-order chi connectivity index (χ0) is 22.1. The summed E-state index contributed by atoms with van der Waals surface area (Å²) in [4.78, 5) is 40.9. The van der Waals surface area contributed by atoms with Gasteiger partial charge in [0.15, 0.2) is 11.6 Å². The van der Waals surface area contributed by atoms with Gasteiger partial charge in [-0.2, -0.15) is 5.10 Å². The monoisotopic (exact) mass is 415 g/mol. The lowest BCUT2D eigenvalue weighted by molar-refractivity contribution is -0.135. The second-order valence-corrected chi connectivity index (χ2v) is 7.47. The number of nitrogens with zero attached hydrogens (tertiary/aromatic N) is 3. The number of aromatic nitrogens is 2. The van der Waals surface area contributed by atoms with Gasteiger partial charge < -0.3 is 4.74 Å². The Kier molecular flexibility index (Phi) is 5.33. The van der Waals surface area contributed by atoms with E-state index in [2.05, 4.69) is 10.2 Å². The van der Waals surface area contributed by atoms with Crippen molar-refractivity contribution in [3.05, 3.63) is 83.0 Å². The van der Waals surface area contributed by atoms with E-state index in [1.54, 1.807) is 67.6 Å². The van der Waals surface area contributed by atoms with Crippen molar-refractivity contribution < 1.29 is 19.1 Å². The molecule has 1 aliphatic heterocycles. The maximum absolute atomic E-state index is 13.5. The standard InChI is InChI=1S/C24H21N3O4/c1-14-8-11-16(12-9-14)22(28)20-21(17-6-4-5-7-18(17)31-3)27(24(30)23(20)29)19-13-10-15(2)25-26-19/h4-13,20-21H,1-3H3. The molecule has 2 atom stereocenters. The van der Waals surface area contributed by atoms with Crippen LogP contribution in [0.1, 0.15) is 33.2 Å². The van der Waals surface area contributed by atoms with Crippen LogP contribution in [0.15, 0.2) is 60.7 Å². The molecule has 0 radical (unpaired) electrons. The van der Waals surface area contributed by atoms with E-state index in [1.807, 2.05) is 6.92 Å². The van der Waals surface area contributed by atoms with Crippen LogP contribution < -0.4 is 9.64 Å². The quantitative estimate of drug-likeness (QED) is 0.361. The van der Waals surface area contributed by atoms with Crippen LogP contribution in [0, 0.1) is 19.8 Å². The van der Waals surface area contributed by atoms with Crippen LogP contribution >= 0.6 is 0 Å². The van der Waals surface area contributed by atoms with E-state index in [9.17, 15) is 14.4 Å². The highest BCUT2D eigenvalue weighted by atomic mass is 16.5. The smallest absolute Gasteiger partial charge is 0.297 e. The predicted octanol–water partition coefficient (Wildman–Crippen LogP) is 3.26. The lowest BCUT2D eigenvalue weighted by Gasteiger charge is -2.27. The van der Waals surface area contributed by atoms with Gasteiger partial charge in [0.2, 0.25) is 5.78 Å². The fourth-order valence-corrected chi connectivity index (χ4v) is 3.83. The number of methoxy groups -OCH3 is 1. The van der Waals surface area contributed by atoms with Gasteiger partial charge >= 0.3 is 0 Å². The van der Waals surface area contributed by atoms with Crippen molar-refractivity contribution in [3.8, 4) is 5.75 Å². The number of hydrogen-bond acceptors (Lipinski definition) is 6. The minimum absolute atomic E-state index is 0.207. The molecule has 2 heterocycles. The Hall–Kier alpha value is -3.87. The number of aryl methyl sites for hydroxylation is 2. The summed E-state index contributed by atoms with van der Waals surface area (Å²) < 4.78 is 5.48. The topological polar surface area (TPSA) is 89.5 Å². The summed E-state index contributed by atoms with van der Waals surface area (Å²) in [6.45, 7) is 3.68. The van der Waals surface area contributed by atoms with Gasteiger partial charge in [-0.1, -0.05) is 48.0 Å². The number of anilines is 1. The molecule has 7 heteroatoms. The number of rotatable bonds is 5. The number of ether oxygens (including phenoxy) is 1. The summed E-state index contributed by atoms with van der Waals surface area (Å²) in [6.07, 6.45) is 0. The number of carbonyl (C=O) groups excluding carboxylic acids is 3. The lowest BCUT2D eigenvalue weighted by Crippen LogP contribution is -2.31. The fourth-order valence-electron chi connectivity index (χ4n) is 3.83. The Morgan fingerprint density at radius 1 is 0.935 bits per heavy atom. The van der Waals surface area contributed by atoms with Gasteiger partial charge in [-0.15, -0.1) is 5.10 Å². The van der Waals surface area contributed by atoms with Crippen LogP contribution in [0.4, 0.5) is 5.82 Å². The Morgan fingerprint density at radius 2 is 1.65 bits per heavy atom. The molecule has 0 bridgehead atoms. The van der Waals surface area contributed by atoms with Gasteiger partial charge in [-0.3, -0.25) is 19.3 Å². The van der Waals surface area contributed by atoms with Gasteiger partial charge in [0.05, 0.1) is 18.8 Å². The first-order valence-corrected chi connectivity index (χ1v) is 9.84. The Bertz CT molecular complexity index is 1160. The molecule has 0 spiro atoms. The normalized spacial score (nSPS) is 18.4. The molecule has 7 nitrogen and oxygen atoms in total. The van der Waals surface area contributed by atoms with E-state index in [-0.39, 0.29) is 5.82 Å². The van der Waals surface area contributed by atoms with Crippen LogP contribution in [0.3, 0.4) is 0 Å². The number of ketones is 2. The number of para-hydroxylation sites is 1. The van der Waals surface area contributed by atoms with Crippen LogP contribution in [0.25, 0.3) is 0 Å². The molecule has 0 saturated carbocycles. The Labute approximate surface area is 179 Å². The van der Waals surface area contributed by atoms with Gasteiger partial charge in [0, 0.05) is 11.1 Å². The summed E-state index contributed by atoms with van der Waals surface area (Å²) in [5.74, 6) is -2.53. The van der Waals surface area contributed by atoms with Crippen LogP contribution in [0.5, 0.6) is 5.75 Å². The van der Waals surface area contributed by atoms with Crippen molar-refractivity contribution in [2.45, 2.75) is 19.9 Å². The third-order valence-electron chi connectivity index (χ3n) is 5.41. The molecule has 0 N–H and O–H groups in total. The van der Waals surface area contributed by atoms with Crippen molar-refractivity contribution >= 4 is 23.3 Å². The first-order valence-electron chi connectivity index (χ1n) is 9.84. The van der Waals surface area contributed by atoms with Gasteiger partial charge in [-0.05, 0) is 32.0 Å². The number of carbonyl (C=O) groups is 3. The third kappa shape index (κ3) is 3.59. The molecule has 4 rings (SSSR count). The van der Waals surface area contributed by atoms with Crippen LogP contribution in [0.2, 0.25) is 0 Å². The molecule has 1 saturated heterocycles. The van der Waals surface area contributed by atoms with Crippen molar-refractivity contribution in [1.29, 1.82) is 0 Å². The fraction of sp³-hybridized carbons (Fsp3) is 0.208. The first kappa shape index (κ1) is 20.4. The summed E-state index contributed by atoms with van der Waals surface area (Å²) in [7, 11) is 1.50. The van der Waals surface area contributed by atoms with Crippen LogP contribution in [-0.2, 0) is 9.59 Å². The Balaban J connectivity index is 1.89. The summed E-state index contributed by atoms with van der Waals surface area (Å²) in [5, 5.41) is 8.13. The number of hydrogen-bond donors (Lipinski definition) is 0. The zero-order valence-corrected chi connectivity index (χ0v) is 17.4. The van der Waals surface area contributed by atoms with E-state index in [4.69, 9.17) is 4.74 Å². The zero-order valence-electron chi connectivity index (χ0n) is 17.4. The van der Waals surface area contributed by atoms with Crippen LogP contribution in [-0.4, -0.2) is 34.8 Å². The molecule has 0 aliphatic carbocycles. The van der Waals surface area contributed by atoms with Gasteiger partial charge in [-0.25, -0.2) is 0 Å². The minimum Gasteiger partial charge on any atom is -0.496 e. The molecule has 3 aromatic rings. The molecular weight excluding hydrogens is 394 g/mol. The van der Waals surface area contributed by atoms with E-state index in [1.165, 1.54) is 12.0 Å². The average Bonchev–Trinajstić information content (AvgIpc) is 3.05. The maximum Gasteiger partial charge on any atom is 0.297 e. The molecule has 156 valence electrons. The number of Topliss-reactive ketones (excluding diaryl/α,β-unsaturated/α-hetero) is 2. The van der Waals surface area contributed by atoms with Crippen molar-refractivity contribution in [2.24, 2.45) is 5.92 Å². The highest BCUT2D eigenvalue weighted by molar-refractivity contribution is 6.48. The van der Waals surface area contributed by atoms with Gasteiger partial charge in [0.1, 0.15) is 11.7 Å². The SMILES string of the molecule is COc1ccccc1C1C(C(=O)c2ccc(C)cc2)C(=O)C(=O)N1c1ccc(C)nn1. The summed E-state index contributed by atoms with van der Waals surface area (Å²) in [5.41, 5.74) is 2.58. The summed E-state index contributed by atoms with van der Waals surface area (Å²) in [6, 6.07) is 16.4. The van der Waals surface area contributed by atoms with E-state index in [0.29, 0.717) is 22.6 Å². The molecule has 1 amide bonds. The van der Waals surface area contributed by atoms with E-state index < -0.39 is 29.4 Å². The summed E-state index contributed by atoms with van der Waals surface area (Å²) >= 11 is 0.